The molecule has 4 nitrogen and oxygen atoms in total. The van der Waals surface area contributed by atoms with Crippen LogP contribution in [0.5, 0.6) is 0 Å². The van der Waals surface area contributed by atoms with Crippen molar-refractivity contribution in [1.82, 2.24) is 10.1 Å². The fourth-order valence-electron chi connectivity index (χ4n) is 1.25. The number of hydrogen-bond acceptors (Lipinski definition) is 5. The zero-order valence-corrected chi connectivity index (χ0v) is 10.5. The number of benzene rings is 1. The highest BCUT2D eigenvalue weighted by molar-refractivity contribution is 7.98. The van der Waals surface area contributed by atoms with E-state index in [1.807, 2.05) is 12.1 Å². The number of nitrogens with zero attached hydrogens (tertiary/aromatic N) is 2. The molecule has 1 aromatic heterocycles. The van der Waals surface area contributed by atoms with Crippen LogP contribution in [0.15, 0.2) is 28.8 Å². The van der Waals surface area contributed by atoms with E-state index >= 15 is 0 Å². The van der Waals surface area contributed by atoms with Crippen LogP contribution in [0.4, 0.5) is 0 Å². The topological polar surface area (TPSA) is 59.2 Å². The summed E-state index contributed by atoms with van der Waals surface area (Å²) >= 11 is 7.36. The molecule has 0 amide bonds. The van der Waals surface area contributed by atoms with Crippen LogP contribution < -0.4 is 0 Å². The molecule has 0 bridgehead atoms. The molecule has 2 aromatic rings. The minimum absolute atomic E-state index is 0.159. The molecule has 2 rings (SSSR count). The first-order valence-corrected chi connectivity index (χ1v) is 6.60. The van der Waals surface area contributed by atoms with Gasteiger partial charge in [0, 0.05) is 16.3 Å². The van der Waals surface area contributed by atoms with Crippen LogP contribution in [0, 0.1) is 0 Å². The quantitative estimate of drug-likeness (QED) is 0.847. The summed E-state index contributed by atoms with van der Waals surface area (Å²) in [4.78, 5) is 4.26. The summed E-state index contributed by atoms with van der Waals surface area (Å²) in [5.41, 5.74) is 0.848. The largest absolute Gasteiger partial charge is 0.396 e. The minimum atomic E-state index is 0.159. The summed E-state index contributed by atoms with van der Waals surface area (Å²) in [5.74, 6) is 2.43. The normalized spacial score (nSPS) is 10.7. The Morgan fingerprint density at radius 3 is 2.76 bits per heavy atom. The lowest BCUT2D eigenvalue weighted by Gasteiger charge is -1.93. The van der Waals surface area contributed by atoms with Gasteiger partial charge in [-0.3, -0.25) is 0 Å². The fraction of sp³-hybridized carbons (Fsp3) is 0.273. The Labute approximate surface area is 108 Å². The zero-order valence-electron chi connectivity index (χ0n) is 8.97. The van der Waals surface area contributed by atoms with Crippen LogP contribution in [0.25, 0.3) is 11.5 Å². The van der Waals surface area contributed by atoms with Crippen LogP contribution in [-0.4, -0.2) is 27.6 Å². The summed E-state index contributed by atoms with van der Waals surface area (Å²) < 4.78 is 5.14. The molecule has 0 aliphatic heterocycles. The Morgan fingerprint density at radius 1 is 1.29 bits per heavy atom. The summed E-state index contributed by atoms with van der Waals surface area (Å²) in [6.07, 6.45) is 0. The molecule has 90 valence electrons. The fourth-order valence-corrected chi connectivity index (χ4v) is 1.95. The Kier molecular flexibility index (Phi) is 4.42. The van der Waals surface area contributed by atoms with E-state index < -0.39 is 0 Å². The summed E-state index contributed by atoms with van der Waals surface area (Å²) in [6.45, 7) is 0.159. The standard InChI is InChI=1S/C11H11ClN2O2S/c12-9-3-1-8(2-4-9)11-13-10(14-16-11)7-17-6-5-15/h1-4,15H,5-7H2. The van der Waals surface area contributed by atoms with Crippen molar-refractivity contribution in [2.75, 3.05) is 12.4 Å². The summed E-state index contributed by atoms with van der Waals surface area (Å²) in [7, 11) is 0. The van der Waals surface area contributed by atoms with Crippen molar-refractivity contribution in [1.29, 1.82) is 0 Å². The van der Waals surface area contributed by atoms with E-state index in [4.69, 9.17) is 21.2 Å². The van der Waals surface area contributed by atoms with Gasteiger partial charge in [0.1, 0.15) is 0 Å². The molecular formula is C11H11ClN2O2S. The van der Waals surface area contributed by atoms with Crippen molar-refractivity contribution in [3.63, 3.8) is 0 Å². The van der Waals surface area contributed by atoms with E-state index in [1.54, 1.807) is 23.9 Å². The third kappa shape index (κ3) is 3.46. The van der Waals surface area contributed by atoms with E-state index in [9.17, 15) is 0 Å². The molecule has 0 aliphatic rings. The third-order valence-electron chi connectivity index (χ3n) is 2.03. The molecule has 1 aromatic carbocycles. The number of aliphatic hydroxyl groups is 1. The molecule has 6 heteroatoms. The SMILES string of the molecule is OCCSCc1noc(-c2ccc(Cl)cc2)n1. The van der Waals surface area contributed by atoms with Gasteiger partial charge in [-0.1, -0.05) is 16.8 Å². The highest BCUT2D eigenvalue weighted by Gasteiger charge is 2.08. The van der Waals surface area contributed by atoms with Gasteiger partial charge in [0.25, 0.3) is 5.89 Å². The van der Waals surface area contributed by atoms with Gasteiger partial charge in [-0.25, -0.2) is 0 Å². The number of aromatic nitrogens is 2. The lowest BCUT2D eigenvalue weighted by Crippen LogP contribution is -1.89. The molecule has 1 N–H and O–H groups in total. The molecule has 17 heavy (non-hydrogen) atoms. The van der Waals surface area contributed by atoms with Crippen molar-refractivity contribution in [3.05, 3.63) is 35.1 Å². The van der Waals surface area contributed by atoms with Crippen molar-refractivity contribution >= 4 is 23.4 Å². The Balaban J connectivity index is 2.04. The third-order valence-corrected chi connectivity index (χ3v) is 3.21. The molecule has 1 heterocycles. The zero-order chi connectivity index (χ0) is 12.1. The second-order valence-electron chi connectivity index (χ2n) is 3.30. The average Bonchev–Trinajstić information content (AvgIpc) is 2.79. The number of rotatable bonds is 5. The second-order valence-corrected chi connectivity index (χ2v) is 4.84. The molecule has 0 radical (unpaired) electrons. The molecule has 0 saturated carbocycles. The summed E-state index contributed by atoms with van der Waals surface area (Å²) in [6, 6.07) is 7.23. The number of aliphatic hydroxyl groups excluding tert-OH is 1. The van der Waals surface area contributed by atoms with E-state index in [2.05, 4.69) is 10.1 Å². The lowest BCUT2D eigenvalue weighted by atomic mass is 10.2. The molecule has 0 saturated heterocycles. The van der Waals surface area contributed by atoms with Gasteiger partial charge in [0.15, 0.2) is 5.82 Å². The monoisotopic (exact) mass is 270 g/mol. The van der Waals surface area contributed by atoms with Crippen LogP contribution in [0.1, 0.15) is 5.82 Å². The highest BCUT2D eigenvalue weighted by atomic mass is 35.5. The Morgan fingerprint density at radius 2 is 2.06 bits per heavy atom. The second kappa shape index (κ2) is 6.05. The first-order valence-electron chi connectivity index (χ1n) is 5.06. The van der Waals surface area contributed by atoms with Crippen LogP contribution in [0.3, 0.4) is 0 Å². The number of hydrogen-bond donors (Lipinski definition) is 1. The predicted octanol–water partition coefficient (Wildman–Crippen LogP) is 2.62. The molecular weight excluding hydrogens is 260 g/mol. The van der Waals surface area contributed by atoms with E-state index in [0.29, 0.717) is 28.2 Å². The first kappa shape index (κ1) is 12.4. The van der Waals surface area contributed by atoms with Gasteiger partial charge in [0.05, 0.1) is 12.4 Å². The van der Waals surface area contributed by atoms with Gasteiger partial charge >= 0.3 is 0 Å². The van der Waals surface area contributed by atoms with Crippen molar-refractivity contribution in [2.24, 2.45) is 0 Å². The van der Waals surface area contributed by atoms with Gasteiger partial charge in [-0.15, -0.1) is 0 Å². The minimum Gasteiger partial charge on any atom is -0.396 e. The van der Waals surface area contributed by atoms with Crippen molar-refractivity contribution in [3.8, 4) is 11.5 Å². The predicted molar refractivity (Wildman–Crippen MR) is 68.0 cm³/mol. The number of thioether (sulfide) groups is 1. The lowest BCUT2D eigenvalue weighted by molar-refractivity contribution is 0.322. The van der Waals surface area contributed by atoms with Crippen molar-refractivity contribution < 1.29 is 9.63 Å². The van der Waals surface area contributed by atoms with Gasteiger partial charge in [0.2, 0.25) is 0 Å². The van der Waals surface area contributed by atoms with Crippen LogP contribution in [0.2, 0.25) is 5.02 Å². The molecule has 0 aliphatic carbocycles. The maximum Gasteiger partial charge on any atom is 0.257 e. The Bertz CT molecular complexity index is 473. The highest BCUT2D eigenvalue weighted by Crippen LogP contribution is 2.20. The molecule has 0 fully saturated rings. The molecule has 0 spiro atoms. The van der Waals surface area contributed by atoms with Crippen LogP contribution in [-0.2, 0) is 5.75 Å². The van der Waals surface area contributed by atoms with Gasteiger partial charge in [-0.2, -0.15) is 16.7 Å². The van der Waals surface area contributed by atoms with Gasteiger partial charge in [-0.05, 0) is 24.3 Å². The Hall–Kier alpha value is -1.04. The first-order chi connectivity index (χ1) is 8.29. The average molecular weight is 271 g/mol. The number of halogens is 1. The van der Waals surface area contributed by atoms with E-state index in [0.717, 1.165) is 5.56 Å². The maximum absolute atomic E-state index is 8.66. The van der Waals surface area contributed by atoms with Crippen molar-refractivity contribution in [2.45, 2.75) is 5.75 Å². The smallest absolute Gasteiger partial charge is 0.257 e. The van der Waals surface area contributed by atoms with E-state index in [-0.39, 0.29) is 6.61 Å². The summed E-state index contributed by atoms with van der Waals surface area (Å²) in [5, 5.41) is 13.2. The molecule has 0 unspecified atom stereocenters. The van der Waals surface area contributed by atoms with E-state index in [1.165, 1.54) is 0 Å². The molecule has 0 atom stereocenters. The maximum atomic E-state index is 8.66. The van der Waals surface area contributed by atoms with Crippen LogP contribution >= 0.6 is 23.4 Å². The van der Waals surface area contributed by atoms with Gasteiger partial charge < -0.3 is 9.63 Å².